The van der Waals surface area contributed by atoms with Crippen molar-refractivity contribution in [1.29, 1.82) is 0 Å². The number of nitrogens with zero attached hydrogens (tertiary/aromatic N) is 4. The predicted octanol–water partition coefficient (Wildman–Crippen LogP) is 1.60. The summed E-state index contributed by atoms with van der Waals surface area (Å²) in [7, 11) is 0. The van der Waals surface area contributed by atoms with Crippen molar-refractivity contribution in [2.45, 2.75) is 25.0 Å². The van der Waals surface area contributed by atoms with Crippen molar-refractivity contribution in [2.24, 2.45) is 5.92 Å². The third kappa shape index (κ3) is 3.32. The number of hydrogen-bond acceptors (Lipinski definition) is 6. The molecule has 2 fully saturated rings. The van der Waals surface area contributed by atoms with Gasteiger partial charge in [0, 0.05) is 43.8 Å². The highest BCUT2D eigenvalue weighted by Crippen LogP contribution is 2.35. The molecule has 0 bridgehead atoms. The van der Waals surface area contributed by atoms with E-state index < -0.39 is 0 Å². The van der Waals surface area contributed by atoms with E-state index in [9.17, 15) is 4.79 Å². The van der Waals surface area contributed by atoms with E-state index in [0.717, 1.165) is 25.1 Å². The second-order valence-corrected chi connectivity index (χ2v) is 6.45. The third-order valence-electron chi connectivity index (χ3n) is 4.99. The average molecular weight is 339 g/mol. The molecule has 7 heteroatoms. The third-order valence-corrected chi connectivity index (χ3v) is 4.99. The number of anilines is 1. The Hall–Kier alpha value is -2.54. The summed E-state index contributed by atoms with van der Waals surface area (Å²) in [6, 6.07) is 4.03. The molecule has 3 atom stereocenters. The van der Waals surface area contributed by atoms with Gasteiger partial charge in [0.1, 0.15) is 5.69 Å². The van der Waals surface area contributed by atoms with Gasteiger partial charge in [0.05, 0.1) is 30.6 Å². The Bertz CT molecular complexity index is 712. The molecule has 1 N–H and O–H groups in total. The van der Waals surface area contributed by atoms with Crippen molar-refractivity contribution >= 4 is 11.6 Å². The fraction of sp³-hybridized carbons (Fsp3) is 0.444. The lowest BCUT2D eigenvalue weighted by Crippen LogP contribution is -2.53. The van der Waals surface area contributed by atoms with E-state index in [4.69, 9.17) is 4.74 Å². The highest BCUT2D eigenvalue weighted by molar-refractivity contribution is 5.92. The van der Waals surface area contributed by atoms with Crippen LogP contribution in [0.1, 0.15) is 23.3 Å². The first-order valence-corrected chi connectivity index (χ1v) is 8.65. The van der Waals surface area contributed by atoms with E-state index >= 15 is 0 Å². The topological polar surface area (TPSA) is 80.2 Å². The molecule has 25 heavy (non-hydrogen) atoms. The number of hydrogen-bond donors (Lipinski definition) is 1. The maximum absolute atomic E-state index is 12.8. The monoisotopic (exact) mass is 339 g/mol. The first-order valence-electron chi connectivity index (χ1n) is 8.65. The van der Waals surface area contributed by atoms with Crippen LogP contribution in [0.15, 0.2) is 43.1 Å². The Kier molecular flexibility index (Phi) is 4.56. The van der Waals surface area contributed by atoms with Crippen LogP contribution < -0.4 is 5.32 Å². The van der Waals surface area contributed by atoms with Gasteiger partial charge < -0.3 is 15.0 Å². The van der Waals surface area contributed by atoms with Crippen molar-refractivity contribution in [3.8, 4) is 0 Å². The minimum atomic E-state index is -0.0488. The van der Waals surface area contributed by atoms with Crippen LogP contribution in [0, 0.1) is 5.92 Å². The number of ether oxygens (including phenoxy) is 1. The molecule has 7 nitrogen and oxygen atoms in total. The van der Waals surface area contributed by atoms with Crippen LogP contribution in [-0.4, -0.2) is 57.6 Å². The van der Waals surface area contributed by atoms with Crippen molar-refractivity contribution in [2.75, 3.05) is 25.0 Å². The quantitative estimate of drug-likeness (QED) is 0.911. The van der Waals surface area contributed by atoms with E-state index in [-0.39, 0.29) is 18.1 Å². The number of fused-ring (bicyclic) bond motifs is 1. The maximum Gasteiger partial charge on any atom is 0.274 e. The summed E-state index contributed by atoms with van der Waals surface area (Å²) in [5.41, 5.74) is 1.41. The van der Waals surface area contributed by atoms with Gasteiger partial charge >= 0.3 is 0 Å². The fourth-order valence-electron chi connectivity index (χ4n) is 3.80. The fourth-order valence-corrected chi connectivity index (χ4v) is 3.80. The first-order chi connectivity index (χ1) is 12.3. The summed E-state index contributed by atoms with van der Waals surface area (Å²) < 4.78 is 6.03. The summed E-state index contributed by atoms with van der Waals surface area (Å²) >= 11 is 0. The number of carbonyl (C=O) groups is 1. The van der Waals surface area contributed by atoms with E-state index in [1.54, 1.807) is 18.6 Å². The van der Waals surface area contributed by atoms with Crippen molar-refractivity contribution in [3.63, 3.8) is 0 Å². The van der Waals surface area contributed by atoms with Crippen LogP contribution in [0.3, 0.4) is 0 Å². The lowest BCUT2D eigenvalue weighted by atomic mass is 10.0. The molecule has 3 heterocycles. The van der Waals surface area contributed by atoms with Gasteiger partial charge in [-0.15, -0.1) is 0 Å². The lowest BCUT2D eigenvalue weighted by Gasteiger charge is -2.39. The van der Waals surface area contributed by atoms with Gasteiger partial charge in [-0.05, 0) is 25.0 Å². The second-order valence-electron chi connectivity index (χ2n) is 6.45. The summed E-state index contributed by atoms with van der Waals surface area (Å²) in [5, 5.41) is 3.43. The molecule has 1 saturated heterocycles. The first kappa shape index (κ1) is 16.0. The molecule has 2 aromatic heterocycles. The van der Waals surface area contributed by atoms with E-state index in [1.165, 1.54) is 6.20 Å². The van der Waals surface area contributed by atoms with Gasteiger partial charge in [0.2, 0.25) is 0 Å². The average Bonchev–Trinajstić information content (AvgIpc) is 3.10. The highest BCUT2D eigenvalue weighted by Gasteiger charge is 2.44. The molecule has 1 aliphatic carbocycles. The molecule has 1 aliphatic heterocycles. The maximum atomic E-state index is 12.8. The van der Waals surface area contributed by atoms with Crippen LogP contribution in [-0.2, 0) is 4.74 Å². The van der Waals surface area contributed by atoms with Crippen LogP contribution >= 0.6 is 0 Å². The van der Waals surface area contributed by atoms with Gasteiger partial charge in [-0.2, -0.15) is 0 Å². The molecule has 0 radical (unpaired) electrons. The molecular weight excluding hydrogens is 318 g/mol. The Labute approximate surface area is 146 Å². The Balaban J connectivity index is 1.42. The number of amides is 1. The predicted molar refractivity (Wildman–Crippen MR) is 92.0 cm³/mol. The molecule has 130 valence electrons. The molecule has 1 saturated carbocycles. The minimum absolute atomic E-state index is 0.0488. The normalized spacial score (nSPS) is 25.4. The minimum Gasteiger partial charge on any atom is -0.383 e. The van der Waals surface area contributed by atoms with Crippen molar-refractivity contribution in [1.82, 2.24) is 19.9 Å². The van der Waals surface area contributed by atoms with E-state index in [0.29, 0.717) is 24.8 Å². The zero-order chi connectivity index (χ0) is 17.1. The molecule has 0 unspecified atom stereocenters. The zero-order valence-corrected chi connectivity index (χ0v) is 13.9. The van der Waals surface area contributed by atoms with Gasteiger partial charge in [-0.1, -0.05) is 0 Å². The van der Waals surface area contributed by atoms with Crippen molar-refractivity contribution < 1.29 is 9.53 Å². The molecule has 1 amide bonds. The molecule has 0 spiro atoms. The van der Waals surface area contributed by atoms with Crippen LogP contribution in [0.2, 0.25) is 0 Å². The summed E-state index contributed by atoms with van der Waals surface area (Å²) in [5.74, 6) is 0.329. The number of rotatable bonds is 4. The molecular formula is C18H21N5O2. The second kappa shape index (κ2) is 7.14. The number of nitrogens with one attached hydrogen (secondary N) is 1. The summed E-state index contributed by atoms with van der Waals surface area (Å²) in [4.78, 5) is 27.0. The zero-order valence-electron chi connectivity index (χ0n) is 13.9. The highest BCUT2D eigenvalue weighted by atomic mass is 16.5. The number of aromatic nitrogens is 3. The smallest absolute Gasteiger partial charge is 0.274 e. The van der Waals surface area contributed by atoms with Crippen molar-refractivity contribution in [3.05, 3.63) is 48.8 Å². The van der Waals surface area contributed by atoms with E-state index in [2.05, 4.69) is 20.3 Å². The van der Waals surface area contributed by atoms with Crippen LogP contribution in [0.25, 0.3) is 0 Å². The summed E-state index contributed by atoms with van der Waals surface area (Å²) in [6.45, 7) is 2.00. The Morgan fingerprint density at radius 3 is 2.96 bits per heavy atom. The van der Waals surface area contributed by atoms with Crippen LogP contribution in [0.4, 0.5) is 5.69 Å². The number of pyridine rings is 1. The SMILES string of the molecule is O=C(c1cnccn1)N1CCO[C@@H]2[C@@H](CNc3cccnc3)CC[C@H]21. The molecule has 0 aromatic carbocycles. The number of morpholine rings is 1. The van der Waals surface area contributed by atoms with Gasteiger partial charge in [-0.25, -0.2) is 4.98 Å². The van der Waals surface area contributed by atoms with Crippen LogP contribution in [0.5, 0.6) is 0 Å². The standard InChI is InChI=1S/C18H21N5O2/c24-18(15-12-20-6-7-21-15)23-8-9-25-17-13(3-4-16(17)23)10-22-14-2-1-5-19-11-14/h1-2,5-7,11-13,16-17,22H,3-4,8-10H2/t13-,16-,17-/m1/s1. The Morgan fingerprint density at radius 2 is 2.16 bits per heavy atom. The van der Waals surface area contributed by atoms with Gasteiger partial charge in [0.25, 0.3) is 5.91 Å². The Morgan fingerprint density at radius 1 is 1.24 bits per heavy atom. The van der Waals surface area contributed by atoms with E-state index in [1.807, 2.05) is 23.2 Å². The number of carbonyl (C=O) groups excluding carboxylic acids is 1. The molecule has 4 rings (SSSR count). The largest absolute Gasteiger partial charge is 0.383 e. The van der Waals surface area contributed by atoms with Gasteiger partial charge in [0.15, 0.2) is 0 Å². The molecule has 2 aliphatic rings. The van der Waals surface area contributed by atoms with Gasteiger partial charge in [-0.3, -0.25) is 14.8 Å². The summed E-state index contributed by atoms with van der Waals surface area (Å²) in [6.07, 6.45) is 10.3. The lowest BCUT2D eigenvalue weighted by molar-refractivity contribution is -0.0603. The molecule has 2 aromatic rings.